The molecule has 0 spiro atoms. The first kappa shape index (κ1) is 5.34. The topological polar surface area (TPSA) is 43.1 Å². The van der Waals surface area contributed by atoms with E-state index in [0.29, 0.717) is 0 Å². The van der Waals surface area contributed by atoms with Gasteiger partial charge in [0.1, 0.15) is 18.5 Å². The van der Waals surface area contributed by atoms with Crippen molar-refractivity contribution in [3.63, 3.8) is 0 Å². The maximum Gasteiger partial charge on any atom is 0.159 e. The van der Waals surface area contributed by atoms with Crippen LogP contribution in [0.5, 0.6) is 0 Å². The Morgan fingerprint density at radius 3 is 3.10 bits per heavy atom. The average Bonchev–Trinajstić information content (AvgIpc) is 2.36. The number of aromatic nitrogens is 4. The van der Waals surface area contributed by atoms with Crippen LogP contribution in [0.4, 0.5) is 0 Å². The molecule has 2 heterocycles. The maximum atomic E-state index is 3.99. The van der Waals surface area contributed by atoms with E-state index >= 15 is 0 Å². The van der Waals surface area contributed by atoms with E-state index in [0.717, 1.165) is 11.5 Å². The molecule has 0 amide bonds. The standard InChI is InChI=1S/C6H6N4/c1-5-8-3-9-6-2-7-4-10(5)6/h2-4H,1H3. The van der Waals surface area contributed by atoms with Gasteiger partial charge in [-0.3, -0.25) is 4.40 Å². The smallest absolute Gasteiger partial charge is 0.159 e. The van der Waals surface area contributed by atoms with Crippen molar-refractivity contribution in [1.82, 2.24) is 19.4 Å². The zero-order valence-electron chi connectivity index (χ0n) is 5.52. The Morgan fingerprint density at radius 2 is 2.30 bits per heavy atom. The van der Waals surface area contributed by atoms with E-state index < -0.39 is 0 Å². The summed E-state index contributed by atoms with van der Waals surface area (Å²) in [4.78, 5) is 11.9. The van der Waals surface area contributed by atoms with Crippen LogP contribution in [0, 0.1) is 6.92 Å². The number of hydrogen-bond acceptors (Lipinski definition) is 3. The zero-order chi connectivity index (χ0) is 6.97. The van der Waals surface area contributed by atoms with Gasteiger partial charge in [-0.1, -0.05) is 0 Å². The third-order valence-corrected chi connectivity index (χ3v) is 1.40. The highest BCUT2D eigenvalue weighted by Gasteiger charge is 1.94. The second-order valence-corrected chi connectivity index (χ2v) is 2.04. The summed E-state index contributed by atoms with van der Waals surface area (Å²) in [6.45, 7) is 1.91. The van der Waals surface area contributed by atoms with Gasteiger partial charge >= 0.3 is 0 Å². The van der Waals surface area contributed by atoms with Gasteiger partial charge in [0.2, 0.25) is 0 Å². The second kappa shape index (κ2) is 1.76. The molecule has 4 nitrogen and oxygen atoms in total. The normalized spacial score (nSPS) is 10.5. The van der Waals surface area contributed by atoms with Gasteiger partial charge in [0, 0.05) is 0 Å². The summed E-state index contributed by atoms with van der Waals surface area (Å²) in [6, 6.07) is 0. The molecule has 0 aromatic carbocycles. The number of imidazole rings is 1. The molecule has 0 aliphatic carbocycles. The quantitative estimate of drug-likeness (QED) is 0.524. The van der Waals surface area contributed by atoms with Crippen LogP contribution < -0.4 is 0 Å². The fourth-order valence-electron chi connectivity index (χ4n) is 0.867. The zero-order valence-corrected chi connectivity index (χ0v) is 5.52. The molecular formula is C6H6N4. The van der Waals surface area contributed by atoms with Gasteiger partial charge in [-0.25, -0.2) is 15.0 Å². The van der Waals surface area contributed by atoms with Gasteiger partial charge in [0.05, 0.1) is 6.20 Å². The predicted octanol–water partition coefficient (Wildman–Crippen LogP) is 0.433. The van der Waals surface area contributed by atoms with Crippen molar-refractivity contribution in [2.24, 2.45) is 0 Å². The third kappa shape index (κ3) is 0.586. The molecule has 0 aliphatic heterocycles. The van der Waals surface area contributed by atoms with Crippen LogP contribution >= 0.6 is 0 Å². The molecule has 0 unspecified atom stereocenters. The van der Waals surface area contributed by atoms with E-state index in [1.165, 1.54) is 6.33 Å². The van der Waals surface area contributed by atoms with E-state index in [4.69, 9.17) is 0 Å². The predicted molar refractivity (Wildman–Crippen MR) is 35.5 cm³/mol. The van der Waals surface area contributed by atoms with E-state index in [2.05, 4.69) is 15.0 Å². The number of nitrogens with zero attached hydrogens (tertiary/aromatic N) is 4. The summed E-state index contributed by atoms with van der Waals surface area (Å²) in [5.74, 6) is 0.905. The molecular weight excluding hydrogens is 128 g/mol. The van der Waals surface area contributed by atoms with Crippen LogP contribution in [-0.2, 0) is 0 Å². The summed E-state index contributed by atoms with van der Waals surface area (Å²) in [5, 5.41) is 0. The van der Waals surface area contributed by atoms with Crippen LogP contribution in [-0.4, -0.2) is 19.4 Å². The van der Waals surface area contributed by atoms with Gasteiger partial charge in [-0.15, -0.1) is 0 Å². The minimum Gasteiger partial charge on any atom is -0.271 e. The van der Waals surface area contributed by atoms with Crippen molar-refractivity contribution in [1.29, 1.82) is 0 Å². The first-order chi connectivity index (χ1) is 4.88. The van der Waals surface area contributed by atoms with Crippen LogP contribution in [0.1, 0.15) is 5.82 Å². The highest BCUT2D eigenvalue weighted by Crippen LogP contribution is 1.97. The van der Waals surface area contributed by atoms with E-state index in [1.54, 1.807) is 12.5 Å². The van der Waals surface area contributed by atoms with Crippen molar-refractivity contribution >= 4 is 5.65 Å². The fourth-order valence-corrected chi connectivity index (χ4v) is 0.867. The lowest BCUT2D eigenvalue weighted by molar-refractivity contribution is 0.938. The van der Waals surface area contributed by atoms with E-state index in [9.17, 15) is 0 Å². The highest BCUT2D eigenvalue weighted by atomic mass is 15.1. The van der Waals surface area contributed by atoms with Crippen LogP contribution in [0.2, 0.25) is 0 Å². The molecule has 2 aromatic heterocycles. The minimum atomic E-state index is 0.840. The molecule has 2 aromatic rings. The monoisotopic (exact) mass is 134 g/mol. The largest absolute Gasteiger partial charge is 0.271 e. The first-order valence-electron chi connectivity index (χ1n) is 2.97. The number of fused-ring (bicyclic) bond motifs is 1. The molecule has 0 aliphatic rings. The summed E-state index contributed by atoms with van der Waals surface area (Å²) in [5.41, 5.74) is 0.840. The second-order valence-electron chi connectivity index (χ2n) is 2.04. The Hall–Kier alpha value is -1.45. The summed E-state index contributed by atoms with van der Waals surface area (Å²) in [6.07, 6.45) is 4.94. The van der Waals surface area contributed by atoms with Crippen LogP contribution in [0.15, 0.2) is 18.9 Å². The number of rotatable bonds is 0. The third-order valence-electron chi connectivity index (χ3n) is 1.40. The van der Waals surface area contributed by atoms with Gasteiger partial charge in [-0.2, -0.15) is 0 Å². The van der Waals surface area contributed by atoms with E-state index in [1.807, 2.05) is 11.3 Å². The first-order valence-corrected chi connectivity index (χ1v) is 2.97. The lowest BCUT2D eigenvalue weighted by Crippen LogP contribution is -1.93. The molecule has 10 heavy (non-hydrogen) atoms. The van der Waals surface area contributed by atoms with Gasteiger partial charge in [-0.05, 0) is 6.92 Å². The summed E-state index contributed by atoms with van der Waals surface area (Å²) >= 11 is 0. The molecule has 0 fully saturated rings. The molecule has 0 radical (unpaired) electrons. The van der Waals surface area contributed by atoms with Gasteiger partial charge in [0.15, 0.2) is 5.65 Å². The van der Waals surface area contributed by atoms with Crippen molar-refractivity contribution in [2.75, 3.05) is 0 Å². The molecule has 0 saturated carbocycles. The Balaban J connectivity index is 2.95. The van der Waals surface area contributed by atoms with Crippen molar-refractivity contribution in [3.8, 4) is 0 Å². The molecule has 4 heteroatoms. The molecule has 0 bridgehead atoms. The van der Waals surface area contributed by atoms with Gasteiger partial charge < -0.3 is 0 Å². The molecule has 0 atom stereocenters. The number of aryl methyl sites for hydroxylation is 1. The molecule has 0 saturated heterocycles. The average molecular weight is 134 g/mol. The Kier molecular flexibility index (Phi) is 0.943. The fraction of sp³-hybridized carbons (Fsp3) is 0.167. The molecule has 50 valence electrons. The van der Waals surface area contributed by atoms with Crippen LogP contribution in [0.3, 0.4) is 0 Å². The highest BCUT2D eigenvalue weighted by molar-refractivity contribution is 5.33. The number of hydrogen-bond donors (Lipinski definition) is 0. The molecule has 0 N–H and O–H groups in total. The van der Waals surface area contributed by atoms with E-state index in [-0.39, 0.29) is 0 Å². The van der Waals surface area contributed by atoms with Crippen molar-refractivity contribution in [2.45, 2.75) is 6.92 Å². The Morgan fingerprint density at radius 1 is 1.40 bits per heavy atom. The Bertz CT molecular complexity index is 351. The Labute approximate surface area is 57.6 Å². The summed E-state index contributed by atoms with van der Waals surface area (Å²) < 4.78 is 1.83. The lowest BCUT2D eigenvalue weighted by Gasteiger charge is -1.93. The minimum absolute atomic E-state index is 0.840. The summed E-state index contributed by atoms with van der Waals surface area (Å²) in [7, 11) is 0. The van der Waals surface area contributed by atoms with Crippen LogP contribution in [0.25, 0.3) is 5.65 Å². The lowest BCUT2D eigenvalue weighted by atomic mass is 10.6. The van der Waals surface area contributed by atoms with Crippen molar-refractivity contribution < 1.29 is 0 Å². The van der Waals surface area contributed by atoms with Crippen molar-refractivity contribution in [3.05, 3.63) is 24.7 Å². The maximum absolute atomic E-state index is 3.99. The SMILES string of the molecule is Cc1ncnc2cncn12. The molecule has 2 rings (SSSR count). The van der Waals surface area contributed by atoms with Gasteiger partial charge in [0.25, 0.3) is 0 Å².